The SMILES string of the molecule is C=CC(=O)Nc1cccc(-c2cccc3cnc(Nc4ccc(NC5CCN(CCF)CC5)cc4F)nc23)c1. The zero-order chi connectivity index (χ0) is 27.2. The Bertz CT molecular complexity index is 1490. The van der Waals surface area contributed by atoms with Crippen molar-refractivity contribution in [1.82, 2.24) is 14.9 Å². The molecule has 0 radical (unpaired) electrons. The number of anilines is 4. The fourth-order valence-electron chi connectivity index (χ4n) is 4.79. The minimum Gasteiger partial charge on any atom is -0.382 e. The normalized spacial score (nSPS) is 14.2. The third-order valence-corrected chi connectivity index (χ3v) is 6.81. The lowest BCUT2D eigenvalue weighted by Gasteiger charge is -2.32. The van der Waals surface area contributed by atoms with Crippen LogP contribution in [0.1, 0.15) is 12.8 Å². The zero-order valence-electron chi connectivity index (χ0n) is 21.5. The summed E-state index contributed by atoms with van der Waals surface area (Å²) in [5.74, 6) is -0.440. The number of piperidine rings is 1. The molecule has 3 N–H and O–H groups in total. The van der Waals surface area contributed by atoms with Crippen molar-refractivity contribution in [3.05, 3.63) is 85.3 Å². The highest BCUT2D eigenvalue weighted by Crippen LogP contribution is 2.30. The molecule has 0 saturated carbocycles. The van der Waals surface area contributed by atoms with Crippen molar-refractivity contribution in [1.29, 1.82) is 0 Å². The largest absolute Gasteiger partial charge is 0.382 e. The summed E-state index contributed by atoms with van der Waals surface area (Å²) in [5.41, 5.74) is 4.02. The van der Waals surface area contributed by atoms with Gasteiger partial charge in [-0.25, -0.2) is 18.7 Å². The number of likely N-dealkylation sites (tertiary alicyclic amines) is 1. The van der Waals surface area contributed by atoms with Crippen LogP contribution >= 0.6 is 0 Å². The smallest absolute Gasteiger partial charge is 0.247 e. The summed E-state index contributed by atoms with van der Waals surface area (Å²) < 4.78 is 27.6. The van der Waals surface area contributed by atoms with Gasteiger partial charge in [0.05, 0.1) is 11.2 Å². The molecule has 1 saturated heterocycles. The Morgan fingerprint density at radius 1 is 1.08 bits per heavy atom. The number of carbonyl (C=O) groups is 1. The van der Waals surface area contributed by atoms with E-state index >= 15 is 4.39 Å². The molecule has 39 heavy (non-hydrogen) atoms. The number of rotatable bonds is 9. The minimum atomic E-state index is -0.419. The zero-order valence-corrected chi connectivity index (χ0v) is 21.5. The monoisotopic (exact) mass is 528 g/mol. The first-order chi connectivity index (χ1) is 19.0. The van der Waals surface area contributed by atoms with Gasteiger partial charge in [-0.1, -0.05) is 36.9 Å². The van der Waals surface area contributed by atoms with Crippen LogP contribution < -0.4 is 16.0 Å². The van der Waals surface area contributed by atoms with Crippen LogP contribution in [-0.2, 0) is 4.79 Å². The summed E-state index contributed by atoms with van der Waals surface area (Å²) >= 11 is 0. The molecule has 0 spiro atoms. The Morgan fingerprint density at radius 3 is 2.67 bits per heavy atom. The lowest BCUT2D eigenvalue weighted by atomic mass is 10.0. The number of benzene rings is 3. The van der Waals surface area contributed by atoms with E-state index in [4.69, 9.17) is 4.98 Å². The Morgan fingerprint density at radius 2 is 1.90 bits per heavy atom. The molecule has 0 unspecified atom stereocenters. The van der Waals surface area contributed by atoms with Gasteiger partial charge in [-0.15, -0.1) is 0 Å². The number of aromatic nitrogens is 2. The number of hydrogen-bond donors (Lipinski definition) is 3. The molecular formula is C30H30F2N6O. The molecule has 1 aliphatic rings. The molecule has 0 atom stereocenters. The maximum atomic E-state index is 15.0. The van der Waals surface area contributed by atoms with Gasteiger partial charge < -0.3 is 20.9 Å². The highest BCUT2D eigenvalue weighted by molar-refractivity contribution is 6.00. The summed E-state index contributed by atoms with van der Waals surface area (Å²) in [7, 11) is 0. The van der Waals surface area contributed by atoms with Gasteiger partial charge in [0, 0.05) is 54.2 Å². The van der Waals surface area contributed by atoms with E-state index in [-0.39, 0.29) is 30.3 Å². The number of fused-ring (bicyclic) bond motifs is 1. The van der Waals surface area contributed by atoms with Crippen LogP contribution in [0.4, 0.5) is 31.8 Å². The average molecular weight is 529 g/mol. The number of alkyl halides is 1. The molecule has 200 valence electrons. The van der Waals surface area contributed by atoms with E-state index in [2.05, 4.69) is 32.4 Å². The van der Waals surface area contributed by atoms with E-state index in [0.29, 0.717) is 23.4 Å². The Balaban J connectivity index is 1.33. The van der Waals surface area contributed by atoms with E-state index in [1.165, 1.54) is 12.1 Å². The molecule has 1 fully saturated rings. The maximum absolute atomic E-state index is 15.0. The van der Waals surface area contributed by atoms with Crippen molar-refractivity contribution < 1.29 is 13.6 Å². The van der Waals surface area contributed by atoms with Crippen LogP contribution in [-0.4, -0.2) is 53.1 Å². The van der Waals surface area contributed by atoms with Crippen molar-refractivity contribution in [2.75, 3.05) is 42.3 Å². The Hall–Kier alpha value is -4.37. The fraction of sp³-hybridized carbons (Fsp3) is 0.233. The van der Waals surface area contributed by atoms with Gasteiger partial charge in [0.2, 0.25) is 11.9 Å². The number of para-hydroxylation sites is 1. The molecule has 1 aromatic heterocycles. The first kappa shape index (κ1) is 26.2. The molecule has 5 rings (SSSR count). The molecular weight excluding hydrogens is 498 g/mol. The molecule has 3 aromatic carbocycles. The van der Waals surface area contributed by atoms with Crippen molar-refractivity contribution >= 4 is 39.8 Å². The predicted molar refractivity (Wildman–Crippen MR) is 153 cm³/mol. The standard InChI is InChI=1S/C30H30F2N6O/c1-2-28(39)35-23-7-3-5-20(17-23)25-8-4-6-21-19-33-30(37-29(21)25)36-27-10-9-24(18-26(27)32)34-22-11-14-38(15-12-22)16-13-31/h2-10,17-19,22,34H,1,11-16H2,(H,35,39)(H,33,36,37). The number of amides is 1. The molecule has 9 heteroatoms. The van der Waals surface area contributed by atoms with E-state index in [9.17, 15) is 9.18 Å². The van der Waals surface area contributed by atoms with Gasteiger partial charge in [-0.3, -0.25) is 4.79 Å². The van der Waals surface area contributed by atoms with E-state index in [1.807, 2.05) is 42.5 Å². The van der Waals surface area contributed by atoms with Crippen LogP contribution in [0, 0.1) is 5.82 Å². The number of halogens is 2. The topological polar surface area (TPSA) is 82.2 Å². The van der Waals surface area contributed by atoms with Gasteiger partial charge >= 0.3 is 0 Å². The van der Waals surface area contributed by atoms with E-state index < -0.39 is 5.82 Å². The summed E-state index contributed by atoms with van der Waals surface area (Å²) in [4.78, 5) is 22.9. The van der Waals surface area contributed by atoms with Crippen LogP contribution in [0.15, 0.2) is 79.5 Å². The number of nitrogens with one attached hydrogen (secondary N) is 3. The number of nitrogens with zero attached hydrogens (tertiary/aromatic N) is 3. The van der Waals surface area contributed by atoms with E-state index in [1.54, 1.807) is 18.3 Å². The summed E-state index contributed by atoms with van der Waals surface area (Å²) in [5, 5.41) is 10.0. The summed E-state index contributed by atoms with van der Waals surface area (Å²) in [6.07, 6.45) is 4.69. The second-order valence-electron chi connectivity index (χ2n) is 9.48. The molecule has 2 heterocycles. The summed E-state index contributed by atoms with van der Waals surface area (Å²) in [6.45, 7) is 5.30. The van der Waals surface area contributed by atoms with Crippen LogP contribution in [0.5, 0.6) is 0 Å². The van der Waals surface area contributed by atoms with Crippen molar-refractivity contribution in [3.8, 4) is 11.1 Å². The van der Waals surface area contributed by atoms with E-state index in [0.717, 1.165) is 42.4 Å². The molecule has 0 bridgehead atoms. The summed E-state index contributed by atoms with van der Waals surface area (Å²) in [6, 6.07) is 18.4. The second kappa shape index (κ2) is 12.0. The van der Waals surface area contributed by atoms with Crippen molar-refractivity contribution in [2.45, 2.75) is 18.9 Å². The fourth-order valence-corrected chi connectivity index (χ4v) is 4.79. The van der Waals surface area contributed by atoms with Gasteiger partial charge in [0.1, 0.15) is 12.5 Å². The van der Waals surface area contributed by atoms with Crippen LogP contribution in [0.25, 0.3) is 22.0 Å². The van der Waals surface area contributed by atoms with Crippen LogP contribution in [0.3, 0.4) is 0 Å². The minimum absolute atomic E-state index is 0.227. The van der Waals surface area contributed by atoms with Gasteiger partial charge in [-0.2, -0.15) is 0 Å². The molecule has 0 aliphatic carbocycles. The lowest BCUT2D eigenvalue weighted by molar-refractivity contribution is -0.111. The van der Waals surface area contributed by atoms with Crippen molar-refractivity contribution in [2.24, 2.45) is 0 Å². The lowest BCUT2D eigenvalue weighted by Crippen LogP contribution is -2.40. The van der Waals surface area contributed by atoms with Crippen molar-refractivity contribution in [3.63, 3.8) is 0 Å². The highest BCUT2D eigenvalue weighted by atomic mass is 19.1. The first-order valence-electron chi connectivity index (χ1n) is 12.9. The molecule has 7 nitrogen and oxygen atoms in total. The predicted octanol–water partition coefficient (Wildman–Crippen LogP) is 6.15. The number of hydrogen-bond acceptors (Lipinski definition) is 6. The maximum Gasteiger partial charge on any atom is 0.247 e. The quantitative estimate of drug-likeness (QED) is 0.226. The number of carbonyl (C=O) groups excluding carboxylic acids is 1. The third-order valence-electron chi connectivity index (χ3n) is 6.81. The van der Waals surface area contributed by atoms with Gasteiger partial charge in [0.25, 0.3) is 0 Å². The first-order valence-corrected chi connectivity index (χ1v) is 12.9. The van der Waals surface area contributed by atoms with Gasteiger partial charge in [0.15, 0.2) is 0 Å². The molecule has 1 aliphatic heterocycles. The molecule has 1 amide bonds. The Labute approximate surface area is 226 Å². The third kappa shape index (κ3) is 6.38. The van der Waals surface area contributed by atoms with Gasteiger partial charge in [-0.05, 0) is 54.8 Å². The highest BCUT2D eigenvalue weighted by Gasteiger charge is 2.19. The second-order valence-corrected chi connectivity index (χ2v) is 9.48. The Kier molecular flexibility index (Phi) is 8.07. The molecule has 4 aromatic rings. The average Bonchev–Trinajstić information content (AvgIpc) is 2.95. The van der Waals surface area contributed by atoms with Crippen LogP contribution in [0.2, 0.25) is 0 Å².